The van der Waals surface area contributed by atoms with Crippen molar-refractivity contribution in [1.29, 1.82) is 0 Å². The number of hydrogen-bond acceptors (Lipinski definition) is 2. The van der Waals surface area contributed by atoms with Crippen LogP contribution in [0.4, 0.5) is 17.1 Å². The molecular formula is C65H43NO. The van der Waals surface area contributed by atoms with Gasteiger partial charge in [0.15, 0.2) is 0 Å². The Balaban J connectivity index is 0.965. The Kier molecular flexibility index (Phi) is 9.11. The minimum Gasteiger partial charge on any atom is -0.455 e. The van der Waals surface area contributed by atoms with Crippen LogP contribution in [0.2, 0.25) is 0 Å². The van der Waals surface area contributed by atoms with Gasteiger partial charge in [-0.1, -0.05) is 218 Å². The van der Waals surface area contributed by atoms with Crippen LogP contribution in [0, 0.1) is 0 Å². The molecule has 1 aliphatic carbocycles. The van der Waals surface area contributed by atoms with Crippen molar-refractivity contribution in [2.75, 3.05) is 4.90 Å². The number of hydrogen-bond donors (Lipinski definition) is 0. The third kappa shape index (κ3) is 6.26. The maximum Gasteiger partial charge on any atom is 0.143 e. The van der Waals surface area contributed by atoms with Gasteiger partial charge in [-0.25, -0.2) is 0 Å². The molecule has 0 radical (unpaired) electrons. The molecular weight excluding hydrogens is 811 g/mol. The molecule has 2 heteroatoms. The number of nitrogens with zero attached hydrogens (tertiary/aromatic N) is 1. The second-order valence-electron chi connectivity index (χ2n) is 17.6. The lowest BCUT2D eigenvalue weighted by Gasteiger charge is -2.34. The first-order chi connectivity index (χ1) is 33.2. The van der Waals surface area contributed by atoms with Crippen LogP contribution in [0.5, 0.6) is 0 Å². The highest BCUT2D eigenvalue weighted by Crippen LogP contribution is 2.57. The first-order valence-corrected chi connectivity index (χ1v) is 23.1. The standard InChI is InChI=1S/C65H43NO/c1-3-15-44(16-4-1)45-31-37-51(38-32-45)66(52-39-33-47(34-40-52)55-24-13-18-46-17-7-8-21-54(46)55)53-41-42-62-60(43-53)57-22-9-11-27-61(57)65(62,49-19-5-2-6-20-49)50-35-29-48(30-36-50)56-25-14-26-59-58-23-10-12-28-63(58)67-64(56)59/h1-43H. The Hall–Kier alpha value is -8.72. The fourth-order valence-electron chi connectivity index (χ4n) is 10.9. The summed E-state index contributed by atoms with van der Waals surface area (Å²) in [6.45, 7) is 0. The summed E-state index contributed by atoms with van der Waals surface area (Å²) >= 11 is 0. The molecule has 0 saturated heterocycles. The first kappa shape index (κ1) is 38.7. The number of rotatable bonds is 8. The molecule has 1 heterocycles. The maximum atomic E-state index is 6.51. The quantitative estimate of drug-likeness (QED) is 0.151. The lowest BCUT2D eigenvalue weighted by molar-refractivity contribution is 0.670. The van der Waals surface area contributed by atoms with Gasteiger partial charge in [-0.3, -0.25) is 0 Å². The minimum atomic E-state index is -0.558. The van der Waals surface area contributed by atoms with Gasteiger partial charge in [0.1, 0.15) is 11.2 Å². The Morgan fingerprint density at radius 1 is 0.299 bits per heavy atom. The van der Waals surface area contributed by atoms with Crippen LogP contribution in [0.15, 0.2) is 265 Å². The third-order valence-corrected chi connectivity index (χ3v) is 14.0. The van der Waals surface area contributed by atoms with Crippen LogP contribution in [0.25, 0.3) is 77.2 Å². The molecule has 0 amide bonds. The fraction of sp³-hybridized carbons (Fsp3) is 0.0154. The Bertz CT molecular complexity index is 3770. The average molecular weight is 854 g/mol. The Labute approximate surface area is 390 Å². The summed E-state index contributed by atoms with van der Waals surface area (Å²) < 4.78 is 6.51. The summed E-state index contributed by atoms with van der Waals surface area (Å²) in [7, 11) is 0. The normalized spacial score (nSPS) is 14.0. The van der Waals surface area contributed by atoms with Crippen LogP contribution in [-0.2, 0) is 5.41 Å². The lowest BCUT2D eigenvalue weighted by Crippen LogP contribution is -2.28. The molecule has 12 aromatic rings. The van der Waals surface area contributed by atoms with E-state index in [0.717, 1.165) is 50.1 Å². The van der Waals surface area contributed by atoms with Gasteiger partial charge in [-0.05, 0) is 114 Å². The van der Waals surface area contributed by atoms with Crippen molar-refractivity contribution < 1.29 is 4.42 Å². The van der Waals surface area contributed by atoms with Crippen molar-refractivity contribution in [2.45, 2.75) is 5.41 Å². The average Bonchev–Trinajstić information content (AvgIpc) is 3.94. The van der Waals surface area contributed by atoms with Crippen molar-refractivity contribution in [3.8, 4) is 44.5 Å². The highest BCUT2D eigenvalue weighted by Gasteiger charge is 2.46. The van der Waals surface area contributed by atoms with Crippen LogP contribution in [0.3, 0.4) is 0 Å². The number of fused-ring (bicyclic) bond motifs is 7. The highest BCUT2D eigenvalue weighted by molar-refractivity contribution is 6.09. The summed E-state index contributed by atoms with van der Waals surface area (Å²) in [5, 5.41) is 4.77. The van der Waals surface area contributed by atoms with Crippen LogP contribution in [-0.4, -0.2) is 0 Å². The third-order valence-electron chi connectivity index (χ3n) is 14.0. The van der Waals surface area contributed by atoms with Crippen LogP contribution >= 0.6 is 0 Å². The number of para-hydroxylation sites is 2. The molecule has 1 atom stereocenters. The molecule has 0 fully saturated rings. The molecule has 11 aromatic carbocycles. The van der Waals surface area contributed by atoms with Crippen molar-refractivity contribution in [3.05, 3.63) is 283 Å². The van der Waals surface area contributed by atoms with Gasteiger partial charge in [-0.2, -0.15) is 0 Å². The molecule has 0 spiro atoms. The zero-order chi connectivity index (χ0) is 44.3. The molecule has 0 N–H and O–H groups in total. The van der Waals surface area contributed by atoms with Gasteiger partial charge < -0.3 is 9.32 Å². The van der Waals surface area contributed by atoms with Gasteiger partial charge in [0.2, 0.25) is 0 Å². The minimum absolute atomic E-state index is 0.558. The zero-order valence-electron chi connectivity index (χ0n) is 36.7. The van der Waals surface area contributed by atoms with E-state index in [0.29, 0.717) is 0 Å². The molecule has 1 aromatic heterocycles. The smallest absolute Gasteiger partial charge is 0.143 e. The molecule has 13 rings (SSSR count). The summed E-state index contributed by atoms with van der Waals surface area (Å²) in [6.07, 6.45) is 0. The number of benzene rings is 11. The van der Waals surface area contributed by atoms with E-state index < -0.39 is 5.41 Å². The summed E-state index contributed by atoms with van der Waals surface area (Å²) in [5.74, 6) is 0. The van der Waals surface area contributed by atoms with Gasteiger partial charge in [0.05, 0.1) is 5.41 Å². The van der Waals surface area contributed by atoms with Gasteiger partial charge in [-0.15, -0.1) is 0 Å². The van der Waals surface area contributed by atoms with Crippen LogP contribution < -0.4 is 4.90 Å². The molecule has 2 nitrogen and oxygen atoms in total. The SMILES string of the molecule is c1ccc(-c2ccc(N(c3ccc(-c4cccc5ccccc45)cc3)c3ccc4c(c3)-c3ccccc3C4(c3ccccc3)c3ccc(-c4cccc5c4oc4ccccc45)cc3)cc2)cc1. The van der Waals surface area contributed by atoms with Crippen molar-refractivity contribution in [1.82, 2.24) is 0 Å². The van der Waals surface area contributed by atoms with Crippen molar-refractivity contribution in [3.63, 3.8) is 0 Å². The van der Waals surface area contributed by atoms with E-state index in [-0.39, 0.29) is 0 Å². The Morgan fingerprint density at radius 2 is 0.806 bits per heavy atom. The maximum absolute atomic E-state index is 6.51. The molecule has 1 aliphatic rings. The molecule has 67 heavy (non-hydrogen) atoms. The summed E-state index contributed by atoms with van der Waals surface area (Å²) in [4.78, 5) is 2.40. The second kappa shape index (κ2) is 15.8. The van der Waals surface area contributed by atoms with E-state index in [1.165, 1.54) is 66.4 Å². The summed E-state index contributed by atoms with van der Waals surface area (Å²) in [5.41, 5.74) is 19.0. The van der Waals surface area contributed by atoms with Gasteiger partial charge >= 0.3 is 0 Å². The number of furan rings is 1. The van der Waals surface area contributed by atoms with E-state index in [4.69, 9.17) is 4.42 Å². The summed E-state index contributed by atoms with van der Waals surface area (Å²) in [6, 6.07) is 95.0. The van der Waals surface area contributed by atoms with Crippen LogP contribution in [0.1, 0.15) is 22.3 Å². The van der Waals surface area contributed by atoms with E-state index in [9.17, 15) is 0 Å². The second-order valence-corrected chi connectivity index (χ2v) is 17.6. The van der Waals surface area contributed by atoms with E-state index in [1.807, 2.05) is 6.07 Å². The van der Waals surface area contributed by atoms with Gasteiger partial charge in [0, 0.05) is 33.4 Å². The monoisotopic (exact) mass is 853 g/mol. The van der Waals surface area contributed by atoms with E-state index in [1.54, 1.807) is 0 Å². The molecule has 0 aliphatic heterocycles. The predicted molar refractivity (Wildman–Crippen MR) is 280 cm³/mol. The van der Waals surface area contributed by atoms with Crippen molar-refractivity contribution in [2.24, 2.45) is 0 Å². The first-order valence-electron chi connectivity index (χ1n) is 23.1. The molecule has 0 saturated carbocycles. The van der Waals surface area contributed by atoms with E-state index >= 15 is 0 Å². The van der Waals surface area contributed by atoms with Gasteiger partial charge in [0.25, 0.3) is 0 Å². The highest BCUT2D eigenvalue weighted by atomic mass is 16.3. The number of anilines is 3. The topological polar surface area (TPSA) is 16.4 Å². The molecule has 314 valence electrons. The lowest BCUT2D eigenvalue weighted by atomic mass is 9.67. The predicted octanol–water partition coefficient (Wildman–Crippen LogP) is 17.6. The van der Waals surface area contributed by atoms with Crippen molar-refractivity contribution >= 4 is 49.8 Å². The Morgan fingerprint density at radius 3 is 1.60 bits per heavy atom. The van der Waals surface area contributed by atoms with E-state index in [2.05, 4.69) is 260 Å². The fourth-order valence-corrected chi connectivity index (χ4v) is 10.9. The molecule has 1 unspecified atom stereocenters. The zero-order valence-corrected chi connectivity index (χ0v) is 36.7. The largest absolute Gasteiger partial charge is 0.455 e. The molecule has 0 bridgehead atoms.